The van der Waals surface area contributed by atoms with E-state index in [-0.39, 0.29) is 18.1 Å². The van der Waals surface area contributed by atoms with Gasteiger partial charge in [0.2, 0.25) is 5.79 Å². The van der Waals surface area contributed by atoms with Gasteiger partial charge in [-0.05, 0) is 18.1 Å². The summed E-state index contributed by atoms with van der Waals surface area (Å²) >= 11 is 0. The maximum atomic E-state index is 11.4. The van der Waals surface area contributed by atoms with E-state index in [1.54, 1.807) is 13.8 Å². The summed E-state index contributed by atoms with van der Waals surface area (Å²) in [5.41, 5.74) is 0. The van der Waals surface area contributed by atoms with Gasteiger partial charge in [0.1, 0.15) is 5.76 Å². The number of ether oxygens (including phenoxy) is 2. The molecule has 0 aromatic rings. The first kappa shape index (κ1) is 18.2. The van der Waals surface area contributed by atoms with Gasteiger partial charge < -0.3 is 19.0 Å². The van der Waals surface area contributed by atoms with Gasteiger partial charge in [-0.3, -0.25) is 0 Å². The van der Waals surface area contributed by atoms with Crippen LogP contribution in [0.2, 0.25) is 18.1 Å². The van der Waals surface area contributed by atoms with Crippen LogP contribution in [0.25, 0.3) is 0 Å². The quantitative estimate of drug-likeness (QED) is 0.624. The largest absolute Gasteiger partial charge is 0.457 e. The fourth-order valence-corrected chi connectivity index (χ4v) is 2.72. The summed E-state index contributed by atoms with van der Waals surface area (Å²) in [6.45, 7) is 14.3. The van der Waals surface area contributed by atoms with Crippen LogP contribution < -0.4 is 0 Å². The average molecular weight is 316 g/mol. The van der Waals surface area contributed by atoms with Gasteiger partial charge in [-0.1, -0.05) is 20.8 Å². The summed E-state index contributed by atoms with van der Waals surface area (Å²) in [5.74, 6) is -0.998. The van der Waals surface area contributed by atoms with Crippen molar-refractivity contribution in [2.24, 2.45) is 0 Å². The lowest BCUT2D eigenvalue weighted by Gasteiger charge is -2.37. The predicted molar refractivity (Wildman–Crippen MR) is 83.1 cm³/mol. The number of carbonyl (C=O) groups excluding carboxylic acids is 1. The standard InChI is InChI=1S/C15H28O5Si/c1-14(2,3)21(6,7)18-10-11(16)8-12-9-13(17)20-15(4,5)19-12/h9,11,16H,8,10H2,1-7H3/t11-/m0/s1. The molecule has 1 rings (SSSR count). The Morgan fingerprint density at radius 2 is 1.90 bits per heavy atom. The van der Waals surface area contributed by atoms with E-state index in [1.807, 2.05) is 0 Å². The SMILES string of the molecule is CC1(C)OC(=O)C=C(C[C@H](O)CO[Si](C)(C)C(C)(C)C)O1. The highest BCUT2D eigenvalue weighted by Crippen LogP contribution is 2.36. The third-order valence-corrected chi connectivity index (χ3v) is 8.38. The van der Waals surface area contributed by atoms with E-state index in [1.165, 1.54) is 6.08 Å². The number of aliphatic hydroxyl groups is 1. The Bertz CT molecular complexity index is 420. The minimum atomic E-state index is -1.89. The first-order valence-corrected chi connectivity index (χ1v) is 10.2. The van der Waals surface area contributed by atoms with Crippen molar-refractivity contribution in [2.45, 2.75) is 71.1 Å². The molecule has 0 spiro atoms. The van der Waals surface area contributed by atoms with Crippen LogP contribution in [-0.4, -0.2) is 37.9 Å². The van der Waals surface area contributed by atoms with E-state index in [2.05, 4.69) is 33.9 Å². The fourth-order valence-electron chi connectivity index (χ4n) is 1.68. The zero-order valence-electron chi connectivity index (χ0n) is 14.1. The molecule has 0 fully saturated rings. The monoisotopic (exact) mass is 316 g/mol. The summed E-state index contributed by atoms with van der Waals surface area (Å²) in [7, 11) is -1.89. The zero-order chi connectivity index (χ0) is 16.5. The zero-order valence-corrected chi connectivity index (χ0v) is 15.1. The maximum absolute atomic E-state index is 11.4. The van der Waals surface area contributed by atoms with Gasteiger partial charge in [0.05, 0.1) is 18.8 Å². The van der Waals surface area contributed by atoms with Crippen LogP contribution in [0.4, 0.5) is 0 Å². The Balaban J connectivity index is 2.55. The Labute approximate surface area is 128 Å². The van der Waals surface area contributed by atoms with E-state index < -0.39 is 26.2 Å². The van der Waals surface area contributed by atoms with Gasteiger partial charge in [-0.15, -0.1) is 0 Å². The van der Waals surface area contributed by atoms with Crippen LogP contribution in [0.1, 0.15) is 41.0 Å². The molecule has 6 heteroatoms. The summed E-state index contributed by atoms with van der Waals surface area (Å²) in [6.07, 6.45) is 0.820. The van der Waals surface area contributed by atoms with Gasteiger partial charge in [0, 0.05) is 20.3 Å². The van der Waals surface area contributed by atoms with Crippen molar-refractivity contribution in [2.75, 3.05) is 6.61 Å². The number of hydrogen-bond donors (Lipinski definition) is 1. The molecule has 5 nitrogen and oxygen atoms in total. The Morgan fingerprint density at radius 1 is 1.33 bits per heavy atom. The lowest BCUT2D eigenvalue weighted by molar-refractivity contribution is -0.206. The normalized spacial score (nSPS) is 20.4. The van der Waals surface area contributed by atoms with E-state index in [0.717, 1.165) is 0 Å². The van der Waals surface area contributed by atoms with Crippen molar-refractivity contribution in [1.82, 2.24) is 0 Å². The molecule has 1 aliphatic heterocycles. The molecule has 0 amide bonds. The first-order chi connectivity index (χ1) is 9.32. The number of rotatable bonds is 5. The molecule has 0 saturated carbocycles. The topological polar surface area (TPSA) is 65.0 Å². The van der Waals surface area contributed by atoms with Gasteiger partial charge >= 0.3 is 5.97 Å². The third-order valence-electron chi connectivity index (χ3n) is 3.88. The first-order valence-electron chi connectivity index (χ1n) is 7.27. The molecule has 0 bridgehead atoms. The summed E-state index contributed by atoms with van der Waals surface area (Å²) in [6, 6.07) is 0. The lowest BCUT2D eigenvalue weighted by atomic mass is 10.2. The van der Waals surface area contributed by atoms with Crippen LogP contribution in [0, 0.1) is 0 Å². The molecule has 0 aromatic carbocycles. The smallest absolute Gasteiger partial charge is 0.337 e. The van der Waals surface area contributed by atoms with Gasteiger partial charge in [-0.2, -0.15) is 0 Å². The number of cyclic esters (lactones) is 1. The van der Waals surface area contributed by atoms with Crippen LogP contribution in [0.5, 0.6) is 0 Å². The van der Waals surface area contributed by atoms with Crippen molar-refractivity contribution < 1.29 is 23.8 Å². The highest BCUT2D eigenvalue weighted by Gasteiger charge is 2.38. The number of esters is 1. The van der Waals surface area contributed by atoms with Crippen LogP contribution in [0.3, 0.4) is 0 Å². The Kier molecular flexibility index (Phi) is 5.29. The third kappa shape index (κ3) is 5.45. The van der Waals surface area contributed by atoms with Gasteiger partial charge in [0.25, 0.3) is 0 Å². The second-order valence-electron chi connectivity index (χ2n) is 7.46. The molecule has 0 aromatic heterocycles. The van der Waals surface area contributed by atoms with Crippen molar-refractivity contribution in [3.05, 3.63) is 11.8 Å². The molecular formula is C15H28O5Si. The van der Waals surface area contributed by atoms with Crippen molar-refractivity contribution in [3.8, 4) is 0 Å². The Morgan fingerprint density at radius 3 is 2.38 bits per heavy atom. The van der Waals surface area contributed by atoms with Crippen molar-refractivity contribution >= 4 is 14.3 Å². The summed E-state index contributed by atoms with van der Waals surface area (Å²) in [4.78, 5) is 11.4. The van der Waals surface area contributed by atoms with Gasteiger partial charge in [0.15, 0.2) is 8.32 Å². The molecule has 122 valence electrons. The van der Waals surface area contributed by atoms with Crippen molar-refractivity contribution in [1.29, 1.82) is 0 Å². The fraction of sp³-hybridized carbons (Fsp3) is 0.800. The lowest BCUT2D eigenvalue weighted by Crippen LogP contribution is -2.43. The molecule has 1 atom stereocenters. The maximum Gasteiger partial charge on any atom is 0.337 e. The number of hydrogen-bond acceptors (Lipinski definition) is 5. The average Bonchev–Trinajstić information content (AvgIpc) is 2.21. The second kappa shape index (κ2) is 6.10. The molecule has 0 aliphatic carbocycles. The molecule has 0 saturated heterocycles. The molecule has 0 unspecified atom stereocenters. The summed E-state index contributed by atoms with van der Waals surface area (Å²) in [5, 5.41) is 10.2. The highest BCUT2D eigenvalue weighted by atomic mass is 28.4. The molecule has 1 heterocycles. The molecule has 1 N–H and O–H groups in total. The van der Waals surface area contributed by atoms with E-state index in [0.29, 0.717) is 5.76 Å². The minimum Gasteiger partial charge on any atom is -0.457 e. The highest BCUT2D eigenvalue weighted by molar-refractivity contribution is 6.74. The number of aliphatic hydroxyl groups excluding tert-OH is 1. The summed E-state index contributed by atoms with van der Waals surface area (Å²) < 4.78 is 16.5. The predicted octanol–water partition coefficient (Wildman–Crippen LogP) is 2.95. The molecular weight excluding hydrogens is 288 g/mol. The molecule has 0 radical (unpaired) electrons. The Hall–Kier alpha value is -0.853. The minimum absolute atomic E-state index is 0.0964. The van der Waals surface area contributed by atoms with Crippen LogP contribution >= 0.6 is 0 Å². The van der Waals surface area contributed by atoms with E-state index in [4.69, 9.17) is 13.9 Å². The second-order valence-corrected chi connectivity index (χ2v) is 12.3. The van der Waals surface area contributed by atoms with Crippen molar-refractivity contribution in [3.63, 3.8) is 0 Å². The van der Waals surface area contributed by atoms with E-state index >= 15 is 0 Å². The van der Waals surface area contributed by atoms with Crippen LogP contribution in [-0.2, 0) is 18.7 Å². The van der Waals surface area contributed by atoms with E-state index in [9.17, 15) is 9.90 Å². The molecule has 1 aliphatic rings. The molecule has 21 heavy (non-hydrogen) atoms. The number of carbonyl (C=O) groups is 1. The van der Waals surface area contributed by atoms with Gasteiger partial charge in [-0.25, -0.2) is 4.79 Å². The van der Waals surface area contributed by atoms with Crippen LogP contribution in [0.15, 0.2) is 11.8 Å².